The van der Waals surface area contributed by atoms with Crippen LogP contribution in [0.2, 0.25) is 0 Å². The van der Waals surface area contributed by atoms with Crippen molar-refractivity contribution in [2.24, 2.45) is 0 Å². The Kier molecular flexibility index (Phi) is 6.97. The van der Waals surface area contributed by atoms with Gasteiger partial charge in [-0.2, -0.15) is 0 Å². The van der Waals surface area contributed by atoms with Gasteiger partial charge >= 0.3 is 0 Å². The van der Waals surface area contributed by atoms with E-state index in [1.165, 1.54) is 42.7 Å². The van der Waals surface area contributed by atoms with Crippen molar-refractivity contribution in [3.05, 3.63) is 95.3 Å². The molecule has 4 rings (SSSR count). The molecule has 33 heavy (non-hydrogen) atoms. The van der Waals surface area contributed by atoms with E-state index in [2.05, 4.69) is 20.2 Å². The standard InChI is InChI=1S/C23H21FN4O3S2/c1-31-19-11-13-20(14-12-19)33(29,30)28-21(15-16-5-3-2-4-6-16)22-26-27-23(32-22)25-18-9-7-17(24)8-10-18/h2-14,21,28H,15H2,1H3,(H,25,27). The number of ether oxygens (including phenoxy) is 1. The SMILES string of the molecule is COc1ccc(S(=O)(=O)NC(Cc2ccccc2)c2nnc(Nc3ccc(F)cc3)s2)cc1. The Morgan fingerprint density at radius 3 is 2.33 bits per heavy atom. The van der Waals surface area contributed by atoms with Crippen molar-refractivity contribution >= 4 is 32.2 Å². The molecule has 0 fully saturated rings. The summed E-state index contributed by atoms with van der Waals surface area (Å²) in [7, 11) is -2.32. The average Bonchev–Trinajstić information content (AvgIpc) is 3.29. The number of hydrogen-bond donors (Lipinski definition) is 2. The normalized spacial score (nSPS) is 12.3. The Bertz CT molecular complexity index is 1300. The number of aromatic nitrogens is 2. The predicted molar refractivity (Wildman–Crippen MR) is 126 cm³/mol. The van der Waals surface area contributed by atoms with E-state index in [0.717, 1.165) is 5.56 Å². The molecule has 1 aromatic heterocycles. The molecule has 0 spiro atoms. The van der Waals surface area contributed by atoms with Crippen molar-refractivity contribution in [1.29, 1.82) is 0 Å². The highest BCUT2D eigenvalue weighted by Crippen LogP contribution is 2.28. The third-order valence-electron chi connectivity index (χ3n) is 4.78. The first-order chi connectivity index (χ1) is 15.9. The first-order valence-electron chi connectivity index (χ1n) is 9.99. The van der Waals surface area contributed by atoms with Gasteiger partial charge in [-0.05, 0) is 60.5 Å². The van der Waals surface area contributed by atoms with Crippen molar-refractivity contribution in [1.82, 2.24) is 14.9 Å². The number of halogens is 1. The lowest BCUT2D eigenvalue weighted by Crippen LogP contribution is -2.30. The highest BCUT2D eigenvalue weighted by atomic mass is 32.2. The van der Waals surface area contributed by atoms with Crippen LogP contribution in [0, 0.1) is 5.82 Å². The fraction of sp³-hybridized carbons (Fsp3) is 0.130. The molecular weight excluding hydrogens is 463 g/mol. The Morgan fingerprint density at radius 2 is 1.67 bits per heavy atom. The molecule has 0 saturated carbocycles. The van der Waals surface area contributed by atoms with E-state index in [9.17, 15) is 12.8 Å². The highest BCUT2D eigenvalue weighted by molar-refractivity contribution is 7.89. The maximum Gasteiger partial charge on any atom is 0.241 e. The van der Waals surface area contributed by atoms with E-state index >= 15 is 0 Å². The second-order valence-electron chi connectivity index (χ2n) is 7.12. The van der Waals surface area contributed by atoms with Crippen molar-refractivity contribution < 1.29 is 17.5 Å². The second kappa shape index (κ2) is 10.1. The Balaban J connectivity index is 1.59. The lowest BCUT2D eigenvalue weighted by molar-refractivity contribution is 0.414. The van der Waals surface area contributed by atoms with E-state index < -0.39 is 16.1 Å². The van der Waals surface area contributed by atoms with Crippen LogP contribution in [0.25, 0.3) is 0 Å². The van der Waals surface area contributed by atoms with Gasteiger partial charge in [0.2, 0.25) is 15.2 Å². The number of benzene rings is 3. The van der Waals surface area contributed by atoms with Gasteiger partial charge in [0, 0.05) is 5.69 Å². The zero-order valence-electron chi connectivity index (χ0n) is 17.6. The molecule has 10 heteroatoms. The van der Waals surface area contributed by atoms with Crippen LogP contribution >= 0.6 is 11.3 Å². The number of anilines is 2. The molecule has 3 aromatic carbocycles. The van der Waals surface area contributed by atoms with Crippen molar-refractivity contribution in [3.8, 4) is 5.75 Å². The van der Waals surface area contributed by atoms with Crippen LogP contribution in [0.15, 0.2) is 83.8 Å². The molecule has 1 unspecified atom stereocenters. The third kappa shape index (κ3) is 5.92. The van der Waals surface area contributed by atoms with Crippen molar-refractivity contribution in [3.63, 3.8) is 0 Å². The van der Waals surface area contributed by atoms with Gasteiger partial charge in [-0.15, -0.1) is 10.2 Å². The monoisotopic (exact) mass is 484 g/mol. The van der Waals surface area contributed by atoms with Crippen LogP contribution in [0.5, 0.6) is 5.75 Å². The molecule has 7 nitrogen and oxygen atoms in total. The van der Waals surface area contributed by atoms with E-state index in [1.807, 2.05) is 30.3 Å². The lowest BCUT2D eigenvalue weighted by atomic mass is 10.1. The van der Waals surface area contributed by atoms with E-state index in [1.54, 1.807) is 24.3 Å². The maximum absolute atomic E-state index is 13.2. The fourth-order valence-corrected chi connectivity index (χ4v) is 5.21. The molecule has 2 N–H and O–H groups in total. The van der Waals surface area contributed by atoms with Gasteiger partial charge in [-0.3, -0.25) is 0 Å². The van der Waals surface area contributed by atoms with Crippen LogP contribution in [0.1, 0.15) is 16.6 Å². The summed E-state index contributed by atoms with van der Waals surface area (Å²) >= 11 is 1.23. The van der Waals surface area contributed by atoms with Crippen LogP contribution in [0.4, 0.5) is 15.2 Å². The zero-order chi connectivity index (χ0) is 23.3. The maximum atomic E-state index is 13.2. The van der Waals surface area contributed by atoms with Gasteiger partial charge in [0.15, 0.2) is 0 Å². The largest absolute Gasteiger partial charge is 0.497 e. The molecule has 170 valence electrons. The summed E-state index contributed by atoms with van der Waals surface area (Å²) in [6, 6.07) is 20.9. The lowest BCUT2D eigenvalue weighted by Gasteiger charge is -2.16. The molecule has 1 heterocycles. The number of sulfonamides is 1. The molecule has 0 bridgehead atoms. The molecule has 0 aliphatic heterocycles. The van der Waals surface area contributed by atoms with Crippen molar-refractivity contribution in [2.45, 2.75) is 17.4 Å². The van der Waals surface area contributed by atoms with E-state index in [4.69, 9.17) is 4.74 Å². The van der Waals surface area contributed by atoms with Gasteiger partial charge in [0.25, 0.3) is 0 Å². The Hall–Kier alpha value is -3.34. The number of nitrogens with zero attached hydrogens (tertiary/aromatic N) is 2. The van der Waals surface area contributed by atoms with Gasteiger partial charge < -0.3 is 10.1 Å². The van der Waals surface area contributed by atoms with Gasteiger partial charge in [-0.1, -0.05) is 41.7 Å². The molecule has 4 aromatic rings. The predicted octanol–water partition coefficient (Wildman–Crippen LogP) is 4.69. The van der Waals surface area contributed by atoms with Gasteiger partial charge in [-0.25, -0.2) is 17.5 Å². The highest BCUT2D eigenvalue weighted by Gasteiger charge is 2.25. The minimum Gasteiger partial charge on any atom is -0.497 e. The first kappa shape index (κ1) is 22.8. The number of nitrogens with one attached hydrogen (secondary N) is 2. The fourth-order valence-electron chi connectivity index (χ4n) is 3.12. The average molecular weight is 485 g/mol. The summed E-state index contributed by atoms with van der Waals surface area (Å²) < 4.78 is 47.2. The summed E-state index contributed by atoms with van der Waals surface area (Å²) in [6.45, 7) is 0. The molecular formula is C23H21FN4O3S2. The zero-order valence-corrected chi connectivity index (χ0v) is 19.2. The summed E-state index contributed by atoms with van der Waals surface area (Å²) in [5.74, 6) is 0.227. The quantitative estimate of drug-likeness (QED) is 0.358. The topological polar surface area (TPSA) is 93.2 Å². The Morgan fingerprint density at radius 1 is 0.970 bits per heavy atom. The van der Waals surface area contributed by atoms with E-state index in [-0.39, 0.29) is 10.7 Å². The molecule has 0 amide bonds. The summed E-state index contributed by atoms with van der Waals surface area (Å²) in [6.07, 6.45) is 0.390. The molecule has 0 radical (unpaired) electrons. The number of hydrogen-bond acceptors (Lipinski definition) is 7. The molecule has 0 saturated heterocycles. The second-order valence-corrected chi connectivity index (χ2v) is 9.84. The Labute approximate surface area is 195 Å². The van der Waals surface area contributed by atoms with Crippen LogP contribution in [-0.2, 0) is 16.4 Å². The smallest absolute Gasteiger partial charge is 0.241 e. The number of rotatable bonds is 9. The third-order valence-corrected chi connectivity index (χ3v) is 7.22. The van der Waals surface area contributed by atoms with Crippen LogP contribution in [-0.4, -0.2) is 25.7 Å². The molecule has 1 atom stereocenters. The summed E-state index contributed by atoms with van der Waals surface area (Å²) in [5.41, 5.74) is 1.60. The van der Waals surface area contributed by atoms with Gasteiger partial charge in [0.05, 0.1) is 18.0 Å². The van der Waals surface area contributed by atoms with Crippen LogP contribution < -0.4 is 14.8 Å². The molecule has 0 aliphatic rings. The first-order valence-corrected chi connectivity index (χ1v) is 12.3. The number of methoxy groups -OCH3 is 1. The van der Waals surface area contributed by atoms with Crippen molar-refractivity contribution in [2.75, 3.05) is 12.4 Å². The van der Waals surface area contributed by atoms with Gasteiger partial charge in [0.1, 0.15) is 16.6 Å². The van der Waals surface area contributed by atoms with E-state index in [0.29, 0.717) is 28.0 Å². The van der Waals surface area contributed by atoms with Crippen LogP contribution in [0.3, 0.4) is 0 Å². The summed E-state index contributed by atoms with van der Waals surface area (Å²) in [4.78, 5) is 0.121. The minimum absolute atomic E-state index is 0.121. The molecule has 0 aliphatic carbocycles. The summed E-state index contributed by atoms with van der Waals surface area (Å²) in [5, 5.41) is 12.4. The minimum atomic E-state index is -3.84.